The third-order valence-electron chi connectivity index (χ3n) is 3.76. The molecule has 3 heterocycles. The second-order valence-corrected chi connectivity index (χ2v) is 4.73. The third kappa shape index (κ3) is 1.23. The third-order valence-corrected chi connectivity index (χ3v) is 3.76. The van der Waals surface area contributed by atoms with E-state index in [0.29, 0.717) is 6.61 Å². The van der Waals surface area contributed by atoms with Gasteiger partial charge in [-0.1, -0.05) is 18.2 Å². The van der Waals surface area contributed by atoms with E-state index >= 15 is 0 Å². The fourth-order valence-corrected chi connectivity index (χ4v) is 2.82. The minimum absolute atomic E-state index is 0.361. The molecule has 0 amide bonds. The first-order valence-electron chi connectivity index (χ1n) is 6.16. The minimum atomic E-state index is -0.361. The lowest BCUT2D eigenvalue weighted by atomic mass is 9.81. The monoisotopic (exact) mass is 252 g/mol. The summed E-state index contributed by atoms with van der Waals surface area (Å²) in [5, 5.41) is 0. The Morgan fingerprint density at radius 3 is 3.05 bits per heavy atom. The van der Waals surface area contributed by atoms with E-state index in [9.17, 15) is 0 Å². The van der Waals surface area contributed by atoms with Gasteiger partial charge in [-0.15, -0.1) is 0 Å². The summed E-state index contributed by atoms with van der Waals surface area (Å²) in [6.45, 7) is 0.524. The Morgan fingerprint density at radius 2 is 2.16 bits per heavy atom. The van der Waals surface area contributed by atoms with Gasteiger partial charge in [0.1, 0.15) is 17.7 Å². The highest BCUT2D eigenvalue weighted by Gasteiger charge is 2.47. The maximum Gasteiger partial charge on any atom is 0.184 e. The second kappa shape index (κ2) is 3.57. The van der Waals surface area contributed by atoms with Crippen molar-refractivity contribution in [1.82, 2.24) is 4.98 Å². The van der Waals surface area contributed by atoms with Crippen LogP contribution in [0.2, 0.25) is 0 Å². The first-order valence-corrected chi connectivity index (χ1v) is 6.16. The number of pyridine rings is 1. The number of methoxy groups -OCH3 is 1. The maximum absolute atomic E-state index is 5.84. The van der Waals surface area contributed by atoms with Crippen LogP contribution in [-0.2, 0) is 5.41 Å². The molecule has 1 aromatic carbocycles. The number of hydrogen-bond donors (Lipinski definition) is 0. The lowest BCUT2D eigenvalue weighted by Gasteiger charge is -2.18. The van der Waals surface area contributed by atoms with Crippen LogP contribution in [0.15, 0.2) is 41.5 Å². The number of nitrogens with zero attached hydrogens (tertiary/aromatic N) is 2. The van der Waals surface area contributed by atoms with Crippen LogP contribution >= 0.6 is 0 Å². The smallest absolute Gasteiger partial charge is 0.184 e. The lowest BCUT2D eigenvalue weighted by Crippen LogP contribution is -2.29. The number of rotatable bonds is 1. The Kier molecular flexibility index (Phi) is 1.98. The number of ether oxygens (including phenoxy) is 2. The number of aromatic nitrogens is 1. The van der Waals surface area contributed by atoms with Crippen molar-refractivity contribution in [2.45, 2.75) is 5.41 Å². The fraction of sp³-hybridized carbons (Fsp3) is 0.200. The van der Waals surface area contributed by atoms with Crippen LogP contribution in [0.4, 0.5) is 5.69 Å². The molecule has 1 spiro atoms. The van der Waals surface area contributed by atoms with Crippen molar-refractivity contribution in [3.63, 3.8) is 0 Å². The van der Waals surface area contributed by atoms with Crippen LogP contribution < -0.4 is 9.47 Å². The summed E-state index contributed by atoms with van der Waals surface area (Å²) >= 11 is 0. The van der Waals surface area contributed by atoms with Gasteiger partial charge >= 0.3 is 0 Å². The second-order valence-electron chi connectivity index (χ2n) is 4.73. The summed E-state index contributed by atoms with van der Waals surface area (Å²) in [4.78, 5) is 9.01. The average molecular weight is 252 g/mol. The van der Waals surface area contributed by atoms with Crippen molar-refractivity contribution in [2.75, 3.05) is 13.7 Å². The van der Waals surface area contributed by atoms with E-state index in [4.69, 9.17) is 9.47 Å². The molecular weight excluding hydrogens is 240 g/mol. The summed E-state index contributed by atoms with van der Waals surface area (Å²) in [5.41, 5.74) is 2.67. The molecule has 1 aromatic heterocycles. The van der Waals surface area contributed by atoms with E-state index in [1.807, 2.05) is 30.5 Å². The van der Waals surface area contributed by atoms with Crippen molar-refractivity contribution in [3.8, 4) is 11.5 Å². The minimum Gasteiger partial charge on any atom is -0.493 e. The molecule has 1 unspecified atom stereocenters. The summed E-state index contributed by atoms with van der Waals surface area (Å²) in [7, 11) is 1.64. The van der Waals surface area contributed by atoms with Crippen LogP contribution in [0.1, 0.15) is 11.3 Å². The van der Waals surface area contributed by atoms with Crippen molar-refractivity contribution < 1.29 is 9.47 Å². The van der Waals surface area contributed by atoms with Gasteiger partial charge in [-0.3, -0.25) is 9.98 Å². The summed E-state index contributed by atoms with van der Waals surface area (Å²) < 4.78 is 11.2. The molecule has 0 saturated carbocycles. The van der Waals surface area contributed by atoms with Gasteiger partial charge in [-0.25, -0.2) is 0 Å². The molecule has 2 aliphatic rings. The topological polar surface area (TPSA) is 43.7 Å². The van der Waals surface area contributed by atoms with Crippen LogP contribution in [-0.4, -0.2) is 24.9 Å². The molecule has 19 heavy (non-hydrogen) atoms. The van der Waals surface area contributed by atoms with E-state index in [-0.39, 0.29) is 5.41 Å². The molecule has 0 bridgehead atoms. The normalized spacial score (nSPS) is 22.2. The van der Waals surface area contributed by atoms with Gasteiger partial charge in [0.25, 0.3) is 0 Å². The van der Waals surface area contributed by atoms with E-state index in [1.165, 1.54) is 0 Å². The number of fused-ring (bicyclic) bond motifs is 4. The Bertz CT molecular complexity index is 696. The van der Waals surface area contributed by atoms with Crippen molar-refractivity contribution in [3.05, 3.63) is 47.8 Å². The molecule has 4 rings (SSSR count). The lowest BCUT2D eigenvalue weighted by molar-refractivity contribution is 0.307. The van der Waals surface area contributed by atoms with E-state index in [0.717, 1.165) is 28.4 Å². The maximum atomic E-state index is 5.84. The van der Waals surface area contributed by atoms with Crippen LogP contribution in [0.5, 0.6) is 11.5 Å². The molecule has 94 valence electrons. The number of hydrogen-bond acceptors (Lipinski definition) is 4. The molecule has 0 radical (unpaired) electrons. The van der Waals surface area contributed by atoms with E-state index < -0.39 is 0 Å². The Hall–Kier alpha value is -2.36. The van der Waals surface area contributed by atoms with Crippen LogP contribution in [0, 0.1) is 0 Å². The van der Waals surface area contributed by atoms with E-state index in [2.05, 4.69) is 16.0 Å². The summed E-state index contributed by atoms with van der Waals surface area (Å²) in [6, 6.07) is 9.93. The van der Waals surface area contributed by atoms with Gasteiger partial charge in [-0.2, -0.15) is 0 Å². The van der Waals surface area contributed by atoms with E-state index in [1.54, 1.807) is 13.3 Å². The Labute approximate surface area is 110 Å². The van der Waals surface area contributed by atoms with Crippen molar-refractivity contribution in [1.29, 1.82) is 0 Å². The number of aliphatic imine (C=N–C) groups is 1. The first-order chi connectivity index (χ1) is 9.35. The van der Waals surface area contributed by atoms with Gasteiger partial charge in [0, 0.05) is 18.5 Å². The van der Waals surface area contributed by atoms with Gasteiger partial charge in [-0.05, 0) is 11.6 Å². The Morgan fingerprint density at radius 1 is 1.26 bits per heavy atom. The summed E-state index contributed by atoms with van der Waals surface area (Å²) in [5.74, 6) is 1.45. The highest BCUT2D eigenvalue weighted by molar-refractivity contribution is 5.90. The molecule has 1 atom stereocenters. The molecule has 2 aromatic rings. The zero-order valence-electron chi connectivity index (χ0n) is 10.5. The predicted molar refractivity (Wildman–Crippen MR) is 71.7 cm³/mol. The molecular formula is C15H12N2O2. The highest BCUT2D eigenvalue weighted by Crippen LogP contribution is 2.50. The molecule has 0 saturated heterocycles. The van der Waals surface area contributed by atoms with Gasteiger partial charge < -0.3 is 9.47 Å². The van der Waals surface area contributed by atoms with Crippen molar-refractivity contribution >= 4 is 11.9 Å². The molecule has 0 N–H and O–H groups in total. The van der Waals surface area contributed by atoms with Gasteiger partial charge in [0.05, 0.1) is 12.8 Å². The Balaban J connectivity index is 1.97. The first kappa shape index (κ1) is 10.6. The largest absolute Gasteiger partial charge is 0.493 e. The average Bonchev–Trinajstić information content (AvgIpc) is 3.03. The molecule has 0 aliphatic carbocycles. The van der Waals surface area contributed by atoms with Crippen LogP contribution in [0.3, 0.4) is 0 Å². The van der Waals surface area contributed by atoms with Gasteiger partial charge in [0.15, 0.2) is 11.5 Å². The number of para-hydroxylation sites is 1. The zero-order chi connectivity index (χ0) is 12.9. The summed E-state index contributed by atoms with van der Waals surface area (Å²) in [6.07, 6.45) is 3.69. The number of benzene rings is 1. The quantitative estimate of drug-likeness (QED) is 0.783. The predicted octanol–water partition coefficient (Wildman–Crippen LogP) is 2.48. The van der Waals surface area contributed by atoms with Crippen LogP contribution in [0.25, 0.3) is 0 Å². The molecule has 4 heteroatoms. The fourth-order valence-electron chi connectivity index (χ4n) is 2.82. The molecule has 2 aliphatic heterocycles. The van der Waals surface area contributed by atoms with Crippen molar-refractivity contribution in [2.24, 2.45) is 4.99 Å². The molecule has 0 fully saturated rings. The zero-order valence-corrected chi connectivity index (χ0v) is 10.5. The SMILES string of the molecule is COc1ccnc2c1OCC21C=Nc2ccccc21. The molecule has 4 nitrogen and oxygen atoms in total. The standard InChI is InChI=1S/C15H12N2O2/c1-18-12-6-7-16-14-13(12)19-9-15(14)8-17-11-5-3-2-4-10(11)15/h2-8H,9H2,1H3. The van der Waals surface area contributed by atoms with Gasteiger partial charge in [0.2, 0.25) is 0 Å². The highest BCUT2D eigenvalue weighted by atomic mass is 16.5.